The highest BCUT2D eigenvalue weighted by atomic mass is 16.5. The third-order valence-electron chi connectivity index (χ3n) is 3.09. The van der Waals surface area contributed by atoms with Crippen LogP contribution >= 0.6 is 0 Å². The van der Waals surface area contributed by atoms with E-state index in [1.807, 2.05) is 6.92 Å². The van der Waals surface area contributed by atoms with Gasteiger partial charge in [0.15, 0.2) is 11.5 Å². The summed E-state index contributed by atoms with van der Waals surface area (Å²) in [4.78, 5) is 10.6. The number of carboxylic acids is 1. The molecule has 0 aliphatic rings. The predicted octanol–water partition coefficient (Wildman–Crippen LogP) is 1.19. The number of benzene rings is 1. The molecule has 2 unspecified atom stereocenters. The molecule has 0 fully saturated rings. The van der Waals surface area contributed by atoms with Gasteiger partial charge in [-0.1, -0.05) is 13.0 Å². The second-order valence-electron chi connectivity index (χ2n) is 4.35. The Balaban J connectivity index is 2.88. The van der Waals surface area contributed by atoms with Crippen molar-refractivity contribution >= 4 is 5.97 Å². The Bertz CT molecular complexity index is 449. The number of hydrogen-bond acceptors (Lipinski definition) is 5. The summed E-state index contributed by atoms with van der Waals surface area (Å²) in [6, 6.07) is 4.79. The maximum Gasteiger partial charge on any atom is 0.317 e. The Labute approximate surface area is 118 Å². The first kappa shape index (κ1) is 16.3. The summed E-state index contributed by atoms with van der Waals surface area (Å²) in [7, 11) is 3.06. The molecule has 112 valence electrons. The average molecular weight is 283 g/mol. The van der Waals surface area contributed by atoms with Gasteiger partial charge in [-0.05, 0) is 24.1 Å². The summed E-state index contributed by atoms with van der Waals surface area (Å²) in [6.45, 7) is 1.69. The summed E-state index contributed by atoms with van der Waals surface area (Å²) in [5.74, 6) is 0.148. The molecule has 6 nitrogen and oxygen atoms in total. The van der Waals surface area contributed by atoms with Crippen molar-refractivity contribution in [2.75, 3.05) is 20.8 Å². The molecule has 1 rings (SSSR count). The van der Waals surface area contributed by atoms with E-state index in [0.717, 1.165) is 0 Å². The molecule has 0 aliphatic carbocycles. The topological polar surface area (TPSA) is 88.0 Å². The number of hydrogen-bond donors (Lipinski definition) is 3. The van der Waals surface area contributed by atoms with Gasteiger partial charge in [0.2, 0.25) is 0 Å². The Hall–Kier alpha value is -1.79. The lowest BCUT2D eigenvalue weighted by molar-refractivity contribution is -0.136. The van der Waals surface area contributed by atoms with Gasteiger partial charge in [-0.15, -0.1) is 0 Å². The lowest BCUT2D eigenvalue weighted by Crippen LogP contribution is -2.37. The Kier molecular flexibility index (Phi) is 6.27. The molecule has 1 aromatic carbocycles. The van der Waals surface area contributed by atoms with Crippen LogP contribution in [0.25, 0.3) is 0 Å². The normalized spacial score (nSPS) is 13.6. The van der Waals surface area contributed by atoms with Crippen LogP contribution in [0.1, 0.15) is 25.0 Å². The Morgan fingerprint density at radius 2 is 1.95 bits per heavy atom. The van der Waals surface area contributed by atoms with E-state index in [-0.39, 0.29) is 12.6 Å². The minimum atomic E-state index is -0.956. The third kappa shape index (κ3) is 4.11. The number of ether oxygens (including phenoxy) is 2. The third-order valence-corrected chi connectivity index (χ3v) is 3.09. The van der Waals surface area contributed by atoms with Gasteiger partial charge in [-0.25, -0.2) is 0 Å². The van der Waals surface area contributed by atoms with E-state index in [0.29, 0.717) is 23.5 Å². The molecule has 0 saturated carbocycles. The minimum absolute atomic E-state index is 0.192. The molecule has 2 atom stereocenters. The number of carboxylic acid groups (broad SMARTS) is 1. The average Bonchev–Trinajstić information content (AvgIpc) is 2.46. The number of aliphatic carboxylic acids is 1. The molecule has 1 aromatic rings. The highest BCUT2D eigenvalue weighted by Crippen LogP contribution is 2.31. The molecule has 0 spiro atoms. The molecule has 0 aliphatic heterocycles. The van der Waals surface area contributed by atoms with Crippen LogP contribution < -0.4 is 14.8 Å². The van der Waals surface area contributed by atoms with E-state index in [2.05, 4.69) is 5.32 Å². The SMILES string of the molecule is CCC(NCC(=O)O)C(O)c1ccc(OC)c(OC)c1. The smallest absolute Gasteiger partial charge is 0.317 e. The molecule has 0 heterocycles. The van der Waals surface area contributed by atoms with Crippen LogP contribution in [0.2, 0.25) is 0 Å². The fraction of sp³-hybridized carbons (Fsp3) is 0.500. The number of nitrogens with one attached hydrogen (secondary N) is 1. The lowest BCUT2D eigenvalue weighted by Gasteiger charge is -2.23. The fourth-order valence-corrected chi connectivity index (χ4v) is 1.97. The molecule has 20 heavy (non-hydrogen) atoms. The minimum Gasteiger partial charge on any atom is -0.493 e. The van der Waals surface area contributed by atoms with Gasteiger partial charge in [0.25, 0.3) is 0 Å². The van der Waals surface area contributed by atoms with Crippen molar-refractivity contribution in [3.05, 3.63) is 23.8 Å². The van der Waals surface area contributed by atoms with E-state index in [1.54, 1.807) is 18.2 Å². The molecule has 3 N–H and O–H groups in total. The molecular weight excluding hydrogens is 262 g/mol. The first-order valence-corrected chi connectivity index (χ1v) is 6.38. The van der Waals surface area contributed by atoms with Crippen LogP contribution in [0.4, 0.5) is 0 Å². The molecule has 0 amide bonds. The van der Waals surface area contributed by atoms with E-state index < -0.39 is 12.1 Å². The zero-order chi connectivity index (χ0) is 15.1. The van der Waals surface area contributed by atoms with Gasteiger partial charge in [0, 0.05) is 6.04 Å². The second kappa shape index (κ2) is 7.72. The van der Waals surface area contributed by atoms with E-state index >= 15 is 0 Å². The molecule has 0 bridgehead atoms. The standard InChI is InChI=1S/C14H21NO5/c1-4-10(15-8-13(16)17)14(18)9-5-6-11(19-2)12(7-9)20-3/h5-7,10,14-15,18H,4,8H2,1-3H3,(H,16,17). The van der Waals surface area contributed by atoms with Crippen molar-refractivity contribution in [3.8, 4) is 11.5 Å². The monoisotopic (exact) mass is 283 g/mol. The molecule has 0 saturated heterocycles. The largest absolute Gasteiger partial charge is 0.493 e. The van der Waals surface area contributed by atoms with Gasteiger partial charge >= 0.3 is 5.97 Å². The first-order chi connectivity index (χ1) is 9.53. The van der Waals surface area contributed by atoms with Crippen molar-refractivity contribution < 1.29 is 24.5 Å². The molecule has 0 radical (unpaired) electrons. The van der Waals surface area contributed by atoms with Gasteiger partial charge in [0.05, 0.1) is 26.9 Å². The van der Waals surface area contributed by atoms with Crippen molar-refractivity contribution in [2.45, 2.75) is 25.5 Å². The second-order valence-corrected chi connectivity index (χ2v) is 4.35. The summed E-state index contributed by atoms with van der Waals surface area (Å²) < 4.78 is 10.3. The number of methoxy groups -OCH3 is 2. The summed E-state index contributed by atoms with van der Waals surface area (Å²) in [5, 5.41) is 21.8. The quantitative estimate of drug-likeness (QED) is 0.664. The maximum absolute atomic E-state index is 10.6. The highest BCUT2D eigenvalue weighted by Gasteiger charge is 2.21. The molecule has 0 aromatic heterocycles. The zero-order valence-electron chi connectivity index (χ0n) is 11.9. The van der Waals surface area contributed by atoms with Crippen LogP contribution in [0, 0.1) is 0 Å². The van der Waals surface area contributed by atoms with Crippen molar-refractivity contribution in [1.82, 2.24) is 5.32 Å². The van der Waals surface area contributed by atoms with Crippen molar-refractivity contribution in [1.29, 1.82) is 0 Å². The highest BCUT2D eigenvalue weighted by molar-refractivity contribution is 5.69. The van der Waals surface area contributed by atoms with Crippen LogP contribution in [0.15, 0.2) is 18.2 Å². The first-order valence-electron chi connectivity index (χ1n) is 6.38. The van der Waals surface area contributed by atoms with Crippen LogP contribution in [-0.4, -0.2) is 43.0 Å². The Morgan fingerprint density at radius 3 is 2.45 bits per heavy atom. The summed E-state index contributed by atoms with van der Waals surface area (Å²) in [6.07, 6.45) is -0.220. The van der Waals surface area contributed by atoms with Crippen LogP contribution in [-0.2, 0) is 4.79 Å². The predicted molar refractivity (Wildman–Crippen MR) is 74.2 cm³/mol. The van der Waals surface area contributed by atoms with Gasteiger partial charge in [-0.3, -0.25) is 4.79 Å². The van der Waals surface area contributed by atoms with Gasteiger partial charge < -0.3 is 25.0 Å². The van der Waals surface area contributed by atoms with Crippen molar-refractivity contribution in [3.63, 3.8) is 0 Å². The Morgan fingerprint density at radius 1 is 1.30 bits per heavy atom. The van der Waals surface area contributed by atoms with Gasteiger partial charge in [-0.2, -0.15) is 0 Å². The summed E-state index contributed by atoms with van der Waals surface area (Å²) >= 11 is 0. The zero-order valence-corrected chi connectivity index (χ0v) is 11.9. The van der Waals surface area contributed by atoms with E-state index in [9.17, 15) is 9.90 Å². The van der Waals surface area contributed by atoms with E-state index in [1.165, 1.54) is 14.2 Å². The van der Waals surface area contributed by atoms with E-state index in [4.69, 9.17) is 14.6 Å². The lowest BCUT2D eigenvalue weighted by atomic mass is 10.00. The van der Waals surface area contributed by atoms with Crippen molar-refractivity contribution in [2.24, 2.45) is 0 Å². The number of aliphatic hydroxyl groups excluding tert-OH is 1. The molecular formula is C14H21NO5. The maximum atomic E-state index is 10.6. The van der Waals surface area contributed by atoms with Gasteiger partial charge in [0.1, 0.15) is 0 Å². The molecule has 6 heteroatoms. The number of carbonyl (C=O) groups is 1. The van der Waals surface area contributed by atoms with Crippen LogP contribution in [0.3, 0.4) is 0 Å². The number of rotatable bonds is 8. The number of aliphatic hydroxyl groups is 1. The summed E-state index contributed by atoms with van der Waals surface area (Å²) in [5.41, 5.74) is 0.646. The van der Waals surface area contributed by atoms with Crippen LogP contribution in [0.5, 0.6) is 11.5 Å². The fourth-order valence-electron chi connectivity index (χ4n) is 1.97.